The van der Waals surface area contributed by atoms with Crippen molar-refractivity contribution < 1.29 is 19.1 Å². The van der Waals surface area contributed by atoms with E-state index in [1.165, 1.54) is 24.0 Å². The van der Waals surface area contributed by atoms with Crippen LogP contribution < -0.4 is 5.32 Å². The standard InChI is InChI=1S/C14H19FN2O3/c1-10(14(20)16-7-8-18)17(11(2)19)9-12-3-5-13(15)6-4-12/h3-6,10,18H,7-9H2,1-2H3,(H,16,20)/t10-/m0/s1. The highest BCUT2D eigenvalue weighted by Gasteiger charge is 2.23. The van der Waals surface area contributed by atoms with Gasteiger partial charge in [0.1, 0.15) is 11.9 Å². The number of aliphatic hydroxyl groups excluding tert-OH is 1. The predicted molar refractivity (Wildman–Crippen MR) is 72.2 cm³/mol. The minimum Gasteiger partial charge on any atom is -0.395 e. The van der Waals surface area contributed by atoms with E-state index in [9.17, 15) is 14.0 Å². The molecule has 0 bridgehead atoms. The molecule has 0 radical (unpaired) electrons. The predicted octanol–water partition coefficient (Wildman–Crippen LogP) is 0.671. The molecule has 2 amide bonds. The molecule has 0 unspecified atom stereocenters. The van der Waals surface area contributed by atoms with Gasteiger partial charge in [-0.1, -0.05) is 12.1 Å². The smallest absolute Gasteiger partial charge is 0.242 e. The van der Waals surface area contributed by atoms with Crippen LogP contribution >= 0.6 is 0 Å². The topological polar surface area (TPSA) is 69.6 Å². The number of nitrogens with zero attached hydrogens (tertiary/aromatic N) is 1. The molecule has 2 N–H and O–H groups in total. The number of rotatable bonds is 6. The number of nitrogens with one attached hydrogen (secondary N) is 1. The lowest BCUT2D eigenvalue weighted by atomic mass is 10.1. The Bertz CT molecular complexity index is 462. The summed E-state index contributed by atoms with van der Waals surface area (Å²) < 4.78 is 12.8. The van der Waals surface area contributed by atoms with Crippen molar-refractivity contribution in [3.8, 4) is 0 Å². The maximum Gasteiger partial charge on any atom is 0.242 e. The van der Waals surface area contributed by atoms with Gasteiger partial charge in [-0.25, -0.2) is 4.39 Å². The first-order valence-corrected chi connectivity index (χ1v) is 6.36. The molecular formula is C14H19FN2O3. The summed E-state index contributed by atoms with van der Waals surface area (Å²) in [5.41, 5.74) is 0.739. The summed E-state index contributed by atoms with van der Waals surface area (Å²) >= 11 is 0. The van der Waals surface area contributed by atoms with E-state index < -0.39 is 6.04 Å². The zero-order valence-electron chi connectivity index (χ0n) is 11.6. The highest BCUT2D eigenvalue weighted by Crippen LogP contribution is 2.10. The van der Waals surface area contributed by atoms with E-state index in [4.69, 9.17) is 5.11 Å². The Hall–Kier alpha value is -1.95. The van der Waals surface area contributed by atoms with Crippen molar-refractivity contribution in [3.05, 3.63) is 35.6 Å². The minimum atomic E-state index is -0.663. The quantitative estimate of drug-likeness (QED) is 0.806. The number of benzene rings is 1. The van der Waals surface area contributed by atoms with E-state index in [1.807, 2.05) is 0 Å². The lowest BCUT2D eigenvalue weighted by molar-refractivity contribution is -0.139. The van der Waals surface area contributed by atoms with Gasteiger partial charge in [-0.3, -0.25) is 9.59 Å². The van der Waals surface area contributed by atoms with Gasteiger partial charge >= 0.3 is 0 Å². The Morgan fingerprint density at radius 3 is 2.45 bits per heavy atom. The molecule has 0 saturated carbocycles. The maximum absolute atomic E-state index is 12.8. The van der Waals surface area contributed by atoms with Crippen LogP contribution in [0, 0.1) is 5.82 Å². The van der Waals surface area contributed by atoms with Crippen LogP contribution in [0.2, 0.25) is 0 Å². The van der Waals surface area contributed by atoms with Gasteiger partial charge in [0.05, 0.1) is 6.61 Å². The number of hydrogen-bond donors (Lipinski definition) is 2. The fourth-order valence-corrected chi connectivity index (χ4v) is 1.78. The van der Waals surface area contributed by atoms with E-state index in [2.05, 4.69) is 5.32 Å². The summed E-state index contributed by atoms with van der Waals surface area (Å²) in [6, 6.07) is 5.10. The molecule has 0 saturated heterocycles. The average molecular weight is 282 g/mol. The maximum atomic E-state index is 12.8. The molecule has 0 fully saturated rings. The van der Waals surface area contributed by atoms with Crippen molar-refractivity contribution in [2.45, 2.75) is 26.4 Å². The summed E-state index contributed by atoms with van der Waals surface area (Å²) in [5.74, 6) is -0.936. The van der Waals surface area contributed by atoms with Crippen molar-refractivity contribution in [3.63, 3.8) is 0 Å². The molecule has 0 heterocycles. The Balaban J connectivity index is 2.75. The number of aliphatic hydroxyl groups is 1. The number of carbonyl (C=O) groups is 2. The zero-order valence-corrected chi connectivity index (χ0v) is 11.6. The second-order valence-electron chi connectivity index (χ2n) is 4.46. The van der Waals surface area contributed by atoms with Crippen LogP contribution in [-0.4, -0.2) is 41.0 Å². The molecule has 0 spiro atoms. The van der Waals surface area contributed by atoms with Gasteiger partial charge in [-0.2, -0.15) is 0 Å². The van der Waals surface area contributed by atoms with E-state index in [0.29, 0.717) is 0 Å². The third-order valence-electron chi connectivity index (χ3n) is 2.93. The van der Waals surface area contributed by atoms with Crippen LogP contribution in [0.25, 0.3) is 0 Å². The molecule has 0 aliphatic heterocycles. The normalized spacial score (nSPS) is 11.8. The van der Waals surface area contributed by atoms with Crippen LogP contribution in [0.4, 0.5) is 4.39 Å². The van der Waals surface area contributed by atoms with E-state index in [-0.39, 0.29) is 37.3 Å². The molecular weight excluding hydrogens is 263 g/mol. The van der Waals surface area contributed by atoms with Crippen molar-refractivity contribution in [2.24, 2.45) is 0 Å². The van der Waals surface area contributed by atoms with Crippen LogP contribution in [0.3, 0.4) is 0 Å². The molecule has 1 atom stereocenters. The molecule has 6 heteroatoms. The highest BCUT2D eigenvalue weighted by atomic mass is 19.1. The molecule has 0 aromatic heterocycles. The monoisotopic (exact) mass is 282 g/mol. The number of halogens is 1. The van der Waals surface area contributed by atoms with Crippen LogP contribution in [0.1, 0.15) is 19.4 Å². The number of carbonyl (C=O) groups excluding carboxylic acids is 2. The second kappa shape index (κ2) is 7.59. The van der Waals surface area contributed by atoms with Gasteiger partial charge in [-0.15, -0.1) is 0 Å². The van der Waals surface area contributed by atoms with E-state index in [1.54, 1.807) is 19.1 Å². The van der Waals surface area contributed by atoms with Gasteiger partial charge in [0.15, 0.2) is 0 Å². The molecule has 20 heavy (non-hydrogen) atoms. The van der Waals surface area contributed by atoms with Gasteiger partial charge in [0.25, 0.3) is 0 Å². The molecule has 1 rings (SSSR count). The Kier molecular flexibility index (Phi) is 6.11. The summed E-state index contributed by atoms with van der Waals surface area (Å²) in [5, 5.41) is 11.2. The van der Waals surface area contributed by atoms with Crippen molar-refractivity contribution in [2.75, 3.05) is 13.2 Å². The Morgan fingerprint density at radius 1 is 1.35 bits per heavy atom. The van der Waals surface area contributed by atoms with Crippen molar-refractivity contribution >= 4 is 11.8 Å². The molecule has 110 valence electrons. The third kappa shape index (κ3) is 4.62. The summed E-state index contributed by atoms with van der Waals surface area (Å²) in [6.07, 6.45) is 0. The van der Waals surface area contributed by atoms with Crippen molar-refractivity contribution in [1.29, 1.82) is 0 Å². The summed E-state index contributed by atoms with van der Waals surface area (Å²) in [6.45, 7) is 3.20. The van der Waals surface area contributed by atoms with Gasteiger partial charge in [0.2, 0.25) is 11.8 Å². The zero-order chi connectivity index (χ0) is 15.1. The van der Waals surface area contributed by atoms with Crippen LogP contribution in [0.5, 0.6) is 0 Å². The fraction of sp³-hybridized carbons (Fsp3) is 0.429. The Labute approximate surface area is 117 Å². The molecule has 5 nitrogen and oxygen atoms in total. The number of hydrogen-bond acceptors (Lipinski definition) is 3. The third-order valence-corrected chi connectivity index (χ3v) is 2.93. The first-order valence-electron chi connectivity index (χ1n) is 6.36. The molecule has 1 aromatic carbocycles. The van der Waals surface area contributed by atoms with Crippen LogP contribution in [-0.2, 0) is 16.1 Å². The molecule has 0 aliphatic carbocycles. The first kappa shape index (κ1) is 16.1. The Morgan fingerprint density at radius 2 is 1.95 bits per heavy atom. The van der Waals surface area contributed by atoms with Gasteiger partial charge < -0.3 is 15.3 Å². The second-order valence-corrected chi connectivity index (χ2v) is 4.46. The minimum absolute atomic E-state index is 0.144. The molecule has 0 aliphatic rings. The largest absolute Gasteiger partial charge is 0.395 e. The molecule has 1 aromatic rings. The lowest BCUT2D eigenvalue weighted by Gasteiger charge is -2.27. The summed E-state index contributed by atoms with van der Waals surface area (Å²) in [4.78, 5) is 24.9. The van der Waals surface area contributed by atoms with Gasteiger partial charge in [0, 0.05) is 20.0 Å². The van der Waals surface area contributed by atoms with Crippen LogP contribution in [0.15, 0.2) is 24.3 Å². The SMILES string of the molecule is CC(=O)N(Cc1ccc(F)cc1)[C@@H](C)C(=O)NCCO. The first-order chi connectivity index (χ1) is 9.45. The average Bonchev–Trinajstić information content (AvgIpc) is 2.43. The van der Waals surface area contributed by atoms with E-state index >= 15 is 0 Å². The van der Waals surface area contributed by atoms with Crippen molar-refractivity contribution in [1.82, 2.24) is 10.2 Å². The van der Waals surface area contributed by atoms with Gasteiger partial charge in [-0.05, 0) is 24.6 Å². The number of amides is 2. The highest BCUT2D eigenvalue weighted by molar-refractivity contribution is 5.86. The van der Waals surface area contributed by atoms with E-state index in [0.717, 1.165) is 5.56 Å². The summed E-state index contributed by atoms with van der Waals surface area (Å²) in [7, 11) is 0. The lowest BCUT2D eigenvalue weighted by Crippen LogP contribution is -2.47. The fourth-order valence-electron chi connectivity index (χ4n) is 1.78.